The summed E-state index contributed by atoms with van der Waals surface area (Å²) in [5, 5.41) is 11.8. The van der Waals surface area contributed by atoms with E-state index in [9.17, 15) is 27.5 Å². The molecule has 1 aliphatic heterocycles. The van der Waals surface area contributed by atoms with E-state index in [0.717, 1.165) is 18.9 Å². The highest BCUT2D eigenvalue weighted by Crippen LogP contribution is 2.52. The Kier molecular flexibility index (Phi) is 5.73. The number of nitrogens with one attached hydrogen (secondary N) is 1. The predicted molar refractivity (Wildman–Crippen MR) is 118 cm³/mol. The molecule has 7 nitrogen and oxygen atoms in total. The fraction of sp³-hybridized carbons (Fsp3) is 0.583. The number of aliphatic hydroxyl groups is 1. The van der Waals surface area contributed by atoms with E-state index in [2.05, 4.69) is 10.3 Å². The summed E-state index contributed by atoms with van der Waals surface area (Å²) in [6, 6.07) is 2.47. The highest BCUT2D eigenvalue weighted by Gasteiger charge is 2.47. The third-order valence-electron chi connectivity index (χ3n) is 7.03. The Balaban J connectivity index is 1.32. The number of ether oxygens (including phenoxy) is 1. The molecular formula is C24H27F4N3O4. The predicted octanol–water partition coefficient (Wildman–Crippen LogP) is 4.48. The van der Waals surface area contributed by atoms with Gasteiger partial charge in [0.1, 0.15) is 12.2 Å². The fourth-order valence-corrected chi connectivity index (χ4v) is 5.13. The average Bonchev–Trinajstić information content (AvgIpc) is 3.14. The van der Waals surface area contributed by atoms with Gasteiger partial charge < -0.3 is 24.5 Å². The number of amides is 1. The number of anilines is 2. The number of aliphatic hydroxyl groups excluding tert-OH is 1. The van der Waals surface area contributed by atoms with Gasteiger partial charge in [0.05, 0.1) is 12.7 Å². The molecule has 1 aromatic heterocycles. The molecule has 190 valence electrons. The second-order valence-electron chi connectivity index (χ2n) is 10.4. The zero-order chi connectivity index (χ0) is 25.1. The number of rotatable bonds is 7. The minimum atomic E-state index is -4.62. The summed E-state index contributed by atoms with van der Waals surface area (Å²) in [6.07, 6.45) is -3.09. The van der Waals surface area contributed by atoms with E-state index in [0.29, 0.717) is 30.5 Å². The summed E-state index contributed by atoms with van der Waals surface area (Å²) in [5.41, 5.74) is -0.385. The van der Waals surface area contributed by atoms with Crippen molar-refractivity contribution in [2.45, 2.75) is 51.8 Å². The van der Waals surface area contributed by atoms with Crippen LogP contribution in [0.25, 0.3) is 0 Å². The van der Waals surface area contributed by atoms with E-state index in [1.54, 1.807) is 11.8 Å². The lowest BCUT2D eigenvalue weighted by Gasteiger charge is -2.45. The van der Waals surface area contributed by atoms with Crippen LogP contribution in [0, 0.1) is 30.0 Å². The number of fused-ring (bicyclic) bond motifs is 1. The van der Waals surface area contributed by atoms with Gasteiger partial charge in [-0.1, -0.05) is 6.92 Å². The van der Waals surface area contributed by atoms with Crippen LogP contribution in [0.3, 0.4) is 0 Å². The highest BCUT2D eigenvalue weighted by atomic mass is 19.4. The van der Waals surface area contributed by atoms with E-state index >= 15 is 0 Å². The molecule has 3 aliphatic rings. The molecule has 11 heteroatoms. The van der Waals surface area contributed by atoms with Gasteiger partial charge in [-0.3, -0.25) is 4.79 Å². The molecule has 2 heterocycles. The number of hydrogen-bond acceptors (Lipinski definition) is 6. The zero-order valence-electron chi connectivity index (χ0n) is 19.4. The van der Waals surface area contributed by atoms with Crippen molar-refractivity contribution in [3.05, 3.63) is 35.0 Å². The Morgan fingerprint density at radius 3 is 2.57 bits per heavy atom. The Morgan fingerprint density at radius 2 is 1.97 bits per heavy atom. The maximum Gasteiger partial charge on any atom is 0.396 e. The van der Waals surface area contributed by atoms with Gasteiger partial charge in [-0.25, -0.2) is 4.39 Å². The van der Waals surface area contributed by atoms with Crippen LogP contribution < -0.4 is 15.0 Å². The smallest absolute Gasteiger partial charge is 0.396 e. The zero-order valence-corrected chi connectivity index (χ0v) is 19.4. The van der Waals surface area contributed by atoms with Gasteiger partial charge in [-0.2, -0.15) is 18.2 Å². The van der Waals surface area contributed by atoms with Gasteiger partial charge in [0.2, 0.25) is 0 Å². The number of nitrogens with zero attached hydrogens (tertiary/aromatic N) is 2. The van der Waals surface area contributed by atoms with Crippen LogP contribution in [0.1, 0.15) is 48.0 Å². The molecule has 2 unspecified atom stereocenters. The minimum absolute atomic E-state index is 0.0277. The number of carbonyl (C=O) groups excluding carboxylic acids is 1. The fourth-order valence-electron chi connectivity index (χ4n) is 5.13. The first kappa shape index (κ1) is 23.9. The van der Waals surface area contributed by atoms with Crippen molar-refractivity contribution in [3.8, 4) is 5.75 Å². The molecule has 3 atom stereocenters. The number of oxazole rings is 1. The van der Waals surface area contributed by atoms with E-state index < -0.39 is 41.2 Å². The number of aromatic nitrogens is 1. The molecule has 2 N–H and O–H groups in total. The summed E-state index contributed by atoms with van der Waals surface area (Å²) >= 11 is 0. The monoisotopic (exact) mass is 497 g/mol. The van der Waals surface area contributed by atoms with Crippen molar-refractivity contribution in [1.29, 1.82) is 0 Å². The van der Waals surface area contributed by atoms with Crippen molar-refractivity contribution < 1.29 is 36.6 Å². The van der Waals surface area contributed by atoms with Gasteiger partial charge in [0, 0.05) is 30.3 Å². The third-order valence-corrected chi connectivity index (χ3v) is 7.03. The second kappa shape index (κ2) is 8.39. The Morgan fingerprint density at radius 1 is 1.29 bits per heavy atom. The summed E-state index contributed by atoms with van der Waals surface area (Å²) in [5.74, 6) is -0.739. The molecule has 1 amide bonds. The molecule has 1 saturated heterocycles. The lowest BCUT2D eigenvalue weighted by Crippen LogP contribution is -2.56. The number of hydrogen-bond donors (Lipinski definition) is 2. The topological polar surface area (TPSA) is 87.8 Å². The van der Waals surface area contributed by atoms with Gasteiger partial charge in [-0.05, 0) is 49.7 Å². The minimum Gasteiger partial charge on any atom is -0.487 e. The van der Waals surface area contributed by atoms with E-state index in [1.807, 2.05) is 6.92 Å². The van der Waals surface area contributed by atoms with Crippen molar-refractivity contribution in [3.63, 3.8) is 0 Å². The summed E-state index contributed by atoms with van der Waals surface area (Å²) in [7, 11) is 0. The molecule has 1 aromatic carbocycles. The summed E-state index contributed by atoms with van der Waals surface area (Å²) in [4.78, 5) is 18.4. The molecule has 0 bridgehead atoms. The first-order chi connectivity index (χ1) is 16.4. The van der Waals surface area contributed by atoms with Crippen LogP contribution in [0.15, 0.2) is 16.5 Å². The van der Waals surface area contributed by atoms with Crippen LogP contribution >= 0.6 is 0 Å². The Hall–Kier alpha value is -2.82. The van der Waals surface area contributed by atoms with Gasteiger partial charge in [0.25, 0.3) is 11.9 Å². The number of carbonyl (C=O) groups is 1. The number of benzene rings is 1. The summed E-state index contributed by atoms with van der Waals surface area (Å²) in [6.45, 7) is 4.01. The van der Waals surface area contributed by atoms with Gasteiger partial charge >= 0.3 is 6.18 Å². The highest BCUT2D eigenvalue weighted by molar-refractivity contribution is 6.04. The summed E-state index contributed by atoms with van der Waals surface area (Å²) < 4.78 is 65.3. The van der Waals surface area contributed by atoms with Crippen LogP contribution in [-0.4, -0.2) is 48.0 Å². The van der Waals surface area contributed by atoms with Crippen LogP contribution in [0.4, 0.5) is 29.3 Å². The second-order valence-corrected chi connectivity index (χ2v) is 10.4. The van der Waals surface area contributed by atoms with E-state index in [-0.39, 0.29) is 30.2 Å². The Labute approximate surface area is 199 Å². The number of alkyl halides is 3. The molecule has 3 fully saturated rings. The van der Waals surface area contributed by atoms with Crippen molar-refractivity contribution in [1.82, 2.24) is 4.98 Å². The number of aryl methyl sites for hydroxylation is 1. The first-order valence-electron chi connectivity index (χ1n) is 11.6. The molecule has 0 radical (unpaired) electrons. The lowest BCUT2D eigenvalue weighted by molar-refractivity contribution is -0.130. The standard InChI is InChI=1S/C24H27F4N3O4/c1-12-3-15(7-17(25)20(12)34-16-5-13-4-14(13)6-16)29-21(33)19-18(8-24(26,27)28)35-22(30-19)31-9-23(2,10-31)11-32/h3,7,13-14,16,32H,4-6,8-11H2,1-2H3,(H,29,33)/t13-,14?,16?/m0/s1. The molecule has 35 heavy (non-hydrogen) atoms. The molecule has 2 aromatic rings. The van der Waals surface area contributed by atoms with E-state index in [4.69, 9.17) is 9.15 Å². The van der Waals surface area contributed by atoms with Gasteiger partial charge in [0.15, 0.2) is 17.3 Å². The molecule has 2 saturated carbocycles. The van der Waals surface area contributed by atoms with Crippen LogP contribution in [-0.2, 0) is 6.42 Å². The Bertz CT molecular complexity index is 1110. The van der Waals surface area contributed by atoms with E-state index in [1.165, 1.54) is 12.5 Å². The first-order valence-corrected chi connectivity index (χ1v) is 11.6. The molecule has 2 aliphatic carbocycles. The van der Waals surface area contributed by atoms with Gasteiger partial charge in [-0.15, -0.1) is 0 Å². The van der Waals surface area contributed by atoms with Crippen LogP contribution in [0.2, 0.25) is 0 Å². The maximum absolute atomic E-state index is 14.8. The number of halogens is 4. The molecular weight excluding hydrogens is 470 g/mol. The maximum atomic E-state index is 14.8. The largest absolute Gasteiger partial charge is 0.487 e. The average molecular weight is 497 g/mol. The molecule has 0 spiro atoms. The quantitative estimate of drug-likeness (QED) is 0.549. The normalized spacial score (nSPS) is 24.7. The SMILES string of the molecule is Cc1cc(NC(=O)c2nc(N3CC(C)(CO)C3)oc2CC(F)(F)F)cc(F)c1OC1CC2C[C@H]2C1. The van der Waals surface area contributed by atoms with Crippen molar-refractivity contribution in [2.24, 2.45) is 17.3 Å². The van der Waals surface area contributed by atoms with Crippen LogP contribution in [0.5, 0.6) is 5.75 Å². The van der Waals surface area contributed by atoms with Crippen molar-refractivity contribution in [2.75, 3.05) is 29.9 Å². The molecule has 5 rings (SSSR count). The third kappa shape index (κ3) is 4.96. The van der Waals surface area contributed by atoms with Crippen molar-refractivity contribution >= 4 is 17.6 Å². The lowest BCUT2D eigenvalue weighted by atomic mass is 9.83.